The van der Waals surface area contributed by atoms with Crippen molar-refractivity contribution in [3.8, 4) is 0 Å². The van der Waals surface area contributed by atoms with Crippen molar-refractivity contribution in [1.82, 2.24) is 5.32 Å². The maximum atomic E-state index is 12.1. The molecule has 116 valence electrons. The zero-order valence-corrected chi connectivity index (χ0v) is 15.4. The molecule has 2 rings (SSSR count). The number of thioether (sulfide) groups is 1. The van der Waals surface area contributed by atoms with Gasteiger partial charge in [-0.2, -0.15) is 0 Å². The lowest BCUT2D eigenvalue weighted by Crippen LogP contribution is -2.28. The Morgan fingerprint density at radius 2 is 2.10 bits per heavy atom. The van der Waals surface area contributed by atoms with Crippen molar-refractivity contribution in [1.29, 1.82) is 0 Å². The number of halogens is 1. The van der Waals surface area contributed by atoms with Crippen LogP contribution < -0.4 is 10.6 Å². The third-order valence-electron chi connectivity index (χ3n) is 3.79. The number of nitrogens with one attached hydrogen (secondary N) is 2. The van der Waals surface area contributed by atoms with Gasteiger partial charge in [0.25, 0.3) is 0 Å². The fraction of sp³-hybridized carbons (Fsp3) is 0.562. The molecule has 1 aliphatic rings. The molecule has 5 heteroatoms. The molecule has 0 spiro atoms. The van der Waals surface area contributed by atoms with Crippen LogP contribution in [0.25, 0.3) is 0 Å². The van der Waals surface area contributed by atoms with E-state index in [-0.39, 0.29) is 11.9 Å². The molecule has 0 radical (unpaired) electrons. The lowest BCUT2D eigenvalue weighted by molar-refractivity contribution is -0.117. The van der Waals surface area contributed by atoms with Crippen LogP contribution in [0.4, 0.5) is 5.69 Å². The molecule has 1 amide bonds. The number of fused-ring (bicyclic) bond motifs is 1. The smallest absolute Gasteiger partial charge is 0.246 e. The van der Waals surface area contributed by atoms with Gasteiger partial charge in [0.15, 0.2) is 0 Å². The molecule has 0 aliphatic carbocycles. The van der Waals surface area contributed by atoms with E-state index in [0.29, 0.717) is 11.2 Å². The van der Waals surface area contributed by atoms with Gasteiger partial charge in [0.2, 0.25) is 5.91 Å². The number of benzene rings is 1. The second kappa shape index (κ2) is 7.16. The average Bonchev–Trinajstić information content (AvgIpc) is 2.71. The Bertz CT molecular complexity index is 533. The van der Waals surface area contributed by atoms with Crippen LogP contribution in [0.2, 0.25) is 0 Å². The van der Waals surface area contributed by atoms with Gasteiger partial charge in [-0.25, -0.2) is 0 Å². The first kappa shape index (κ1) is 16.8. The standard InChI is InChI=1S/C16H23BrN2OS/c1-5-6-18-15-11-7-12(17)14(21-10(4)9(2)3)8-13(11)19-16(15)20/h7-10,15,18H,5-6H2,1-4H3,(H,19,20). The minimum atomic E-state index is -0.224. The summed E-state index contributed by atoms with van der Waals surface area (Å²) in [5.74, 6) is 0.660. The molecule has 21 heavy (non-hydrogen) atoms. The predicted molar refractivity (Wildman–Crippen MR) is 94.0 cm³/mol. The van der Waals surface area contributed by atoms with Crippen LogP contribution in [0.1, 0.15) is 45.7 Å². The Kier molecular flexibility index (Phi) is 5.74. The van der Waals surface area contributed by atoms with Gasteiger partial charge in [-0.15, -0.1) is 11.8 Å². The summed E-state index contributed by atoms with van der Waals surface area (Å²) >= 11 is 5.50. The Morgan fingerprint density at radius 3 is 2.71 bits per heavy atom. The highest BCUT2D eigenvalue weighted by atomic mass is 79.9. The van der Waals surface area contributed by atoms with E-state index in [1.807, 2.05) is 11.8 Å². The van der Waals surface area contributed by atoms with Gasteiger partial charge in [-0.05, 0) is 46.9 Å². The van der Waals surface area contributed by atoms with Gasteiger partial charge < -0.3 is 10.6 Å². The van der Waals surface area contributed by atoms with Gasteiger partial charge in [0.1, 0.15) is 6.04 Å². The summed E-state index contributed by atoms with van der Waals surface area (Å²) in [7, 11) is 0. The van der Waals surface area contributed by atoms with E-state index >= 15 is 0 Å². The Labute approximate surface area is 139 Å². The van der Waals surface area contributed by atoms with E-state index in [1.54, 1.807) is 0 Å². The SMILES string of the molecule is CCCNC1C(=O)Nc2cc(SC(C)C(C)C)c(Br)cc21. The zero-order valence-electron chi connectivity index (χ0n) is 13.0. The molecule has 0 saturated carbocycles. The van der Waals surface area contributed by atoms with Crippen molar-refractivity contribution in [2.75, 3.05) is 11.9 Å². The van der Waals surface area contributed by atoms with E-state index in [1.165, 1.54) is 4.90 Å². The van der Waals surface area contributed by atoms with Crippen molar-refractivity contribution >= 4 is 39.3 Å². The molecule has 1 aromatic carbocycles. The van der Waals surface area contributed by atoms with Crippen molar-refractivity contribution in [3.63, 3.8) is 0 Å². The highest BCUT2D eigenvalue weighted by Crippen LogP contribution is 2.41. The van der Waals surface area contributed by atoms with Crippen LogP contribution >= 0.6 is 27.7 Å². The second-order valence-electron chi connectivity index (χ2n) is 5.81. The van der Waals surface area contributed by atoms with E-state index in [2.05, 4.69) is 66.4 Å². The molecule has 1 aliphatic heterocycles. The first-order valence-corrected chi connectivity index (χ1v) is 9.15. The number of anilines is 1. The zero-order chi connectivity index (χ0) is 15.6. The van der Waals surface area contributed by atoms with Crippen molar-refractivity contribution in [2.24, 2.45) is 5.92 Å². The molecule has 1 heterocycles. The Balaban J connectivity index is 2.24. The van der Waals surface area contributed by atoms with Gasteiger partial charge in [-0.1, -0.05) is 27.7 Å². The molecule has 2 unspecified atom stereocenters. The van der Waals surface area contributed by atoms with Crippen LogP contribution in [-0.4, -0.2) is 17.7 Å². The summed E-state index contributed by atoms with van der Waals surface area (Å²) in [5.41, 5.74) is 1.98. The topological polar surface area (TPSA) is 41.1 Å². The van der Waals surface area contributed by atoms with Crippen molar-refractivity contribution < 1.29 is 4.79 Å². The highest BCUT2D eigenvalue weighted by molar-refractivity contribution is 9.10. The molecule has 2 atom stereocenters. The molecule has 0 saturated heterocycles. The van der Waals surface area contributed by atoms with Crippen LogP contribution in [-0.2, 0) is 4.79 Å². The number of hydrogen-bond acceptors (Lipinski definition) is 3. The van der Waals surface area contributed by atoms with Crippen molar-refractivity contribution in [2.45, 2.75) is 50.3 Å². The van der Waals surface area contributed by atoms with Crippen LogP contribution in [0.15, 0.2) is 21.5 Å². The van der Waals surface area contributed by atoms with Gasteiger partial charge >= 0.3 is 0 Å². The maximum absolute atomic E-state index is 12.1. The molecule has 0 bridgehead atoms. The summed E-state index contributed by atoms with van der Waals surface area (Å²) in [4.78, 5) is 13.3. The van der Waals surface area contributed by atoms with E-state index in [9.17, 15) is 4.79 Å². The monoisotopic (exact) mass is 370 g/mol. The Hall–Kier alpha value is -0.520. The quantitative estimate of drug-likeness (QED) is 0.720. The summed E-state index contributed by atoms with van der Waals surface area (Å²) in [5, 5.41) is 6.83. The fourth-order valence-electron chi connectivity index (χ4n) is 2.18. The summed E-state index contributed by atoms with van der Waals surface area (Å²) in [6.45, 7) is 9.63. The Morgan fingerprint density at radius 1 is 1.38 bits per heavy atom. The fourth-order valence-corrected chi connectivity index (χ4v) is 3.85. The highest BCUT2D eigenvalue weighted by Gasteiger charge is 2.31. The molecule has 2 N–H and O–H groups in total. The molecule has 1 aromatic rings. The second-order valence-corrected chi connectivity index (χ2v) is 8.09. The number of carbonyl (C=O) groups excluding carboxylic acids is 1. The van der Waals surface area contributed by atoms with Gasteiger partial charge in [-0.3, -0.25) is 4.79 Å². The first-order chi connectivity index (χ1) is 9.93. The molecular formula is C16H23BrN2OS. The van der Waals surface area contributed by atoms with Crippen LogP contribution in [0.3, 0.4) is 0 Å². The lowest BCUT2D eigenvalue weighted by atomic mass is 10.1. The largest absolute Gasteiger partial charge is 0.324 e. The summed E-state index contributed by atoms with van der Waals surface area (Å²) in [6, 6.07) is 3.95. The molecule has 0 aromatic heterocycles. The molecular weight excluding hydrogens is 348 g/mol. The molecule has 3 nitrogen and oxygen atoms in total. The van der Waals surface area contributed by atoms with E-state index in [4.69, 9.17) is 0 Å². The predicted octanol–water partition coefficient (Wildman–Crippen LogP) is 4.58. The number of hydrogen-bond donors (Lipinski definition) is 2. The maximum Gasteiger partial charge on any atom is 0.246 e. The normalized spacial score (nSPS) is 18.8. The molecule has 0 fully saturated rings. The van der Waals surface area contributed by atoms with Crippen molar-refractivity contribution in [3.05, 3.63) is 22.2 Å². The number of amides is 1. The van der Waals surface area contributed by atoms with Crippen LogP contribution in [0.5, 0.6) is 0 Å². The van der Waals surface area contributed by atoms with Gasteiger partial charge in [0.05, 0.1) is 0 Å². The first-order valence-electron chi connectivity index (χ1n) is 7.48. The van der Waals surface area contributed by atoms with Crippen LogP contribution in [0, 0.1) is 5.92 Å². The third kappa shape index (κ3) is 3.82. The summed E-state index contributed by atoms with van der Waals surface area (Å²) in [6.07, 6.45) is 1.01. The summed E-state index contributed by atoms with van der Waals surface area (Å²) < 4.78 is 1.07. The minimum Gasteiger partial charge on any atom is -0.324 e. The van der Waals surface area contributed by atoms with E-state index in [0.717, 1.165) is 28.7 Å². The minimum absolute atomic E-state index is 0.0457. The average molecular weight is 371 g/mol. The van der Waals surface area contributed by atoms with Gasteiger partial charge in [0, 0.05) is 25.9 Å². The number of carbonyl (C=O) groups is 1. The lowest BCUT2D eigenvalue weighted by Gasteiger charge is -2.17. The number of rotatable bonds is 6. The third-order valence-corrected chi connectivity index (χ3v) is 6.21. The van der Waals surface area contributed by atoms with E-state index < -0.39 is 0 Å².